The molecular formula is C10H16ClN5. The van der Waals surface area contributed by atoms with Gasteiger partial charge in [0.05, 0.1) is 18.4 Å². The van der Waals surface area contributed by atoms with Gasteiger partial charge < -0.3 is 9.88 Å². The summed E-state index contributed by atoms with van der Waals surface area (Å²) in [5, 5.41) is 7.28. The van der Waals surface area contributed by atoms with Crippen molar-refractivity contribution in [2.45, 2.75) is 20.0 Å². The number of halogens is 1. The van der Waals surface area contributed by atoms with Crippen LogP contribution in [0.15, 0.2) is 24.8 Å². The second-order valence-corrected chi connectivity index (χ2v) is 3.31. The summed E-state index contributed by atoms with van der Waals surface area (Å²) >= 11 is 0. The Morgan fingerprint density at radius 3 is 2.88 bits per heavy atom. The second-order valence-electron chi connectivity index (χ2n) is 3.31. The Balaban J connectivity index is 0.00000128. The highest BCUT2D eigenvalue weighted by Gasteiger charge is 2.03. The number of hydrogen-bond donors (Lipinski definition) is 1. The van der Waals surface area contributed by atoms with E-state index in [9.17, 15) is 0 Å². The minimum absolute atomic E-state index is 0. The van der Waals surface area contributed by atoms with Crippen molar-refractivity contribution >= 4 is 18.1 Å². The van der Waals surface area contributed by atoms with Crippen LogP contribution in [0, 0.1) is 0 Å². The van der Waals surface area contributed by atoms with Crippen molar-refractivity contribution in [2.75, 3.05) is 12.4 Å². The zero-order valence-electron chi connectivity index (χ0n) is 9.42. The van der Waals surface area contributed by atoms with E-state index in [0.717, 1.165) is 18.1 Å². The molecule has 0 bridgehead atoms. The van der Waals surface area contributed by atoms with Gasteiger partial charge in [0.25, 0.3) is 0 Å². The summed E-state index contributed by atoms with van der Waals surface area (Å²) in [4.78, 5) is 4.30. The predicted octanol–water partition coefficient (Wildman–Crippen LogP) is 1.61. The minimum atomic E-state index is 0. The van der Waals surface area contributed by atoms with Crippen LogP contribution in [0.4, 0.5) is 5.69 Å². The van der Waals surface area contributed by atoms with E-state index in [4.69, 9.17) is 0 Å². The Hall–Kier alpha value is -1.49. The molecule has 2 aromatic heterocycles. The Labute approximate surface area is 101 Å². The van der Waals surface area contributed by atoms with E-state index >= 15 is 0 Å². The molecule has 0 spiro atoms. The van der Waals surface area contributed by atoms with Gasteiger partial charge >= 0.3 is 0 Å². The number of imidazole rings is 1. The molecule has 0 radical (unpaired) electrons. The maximum absolute atomic E-state index is 4.30. The van der Waals surface area contributed by atoms with Crippen LogP contribution in [0.3, 0.4) is 0 Å². The van der Waals surface area contributed by atoms with Gasteiger partial charge in [0.15, 0.2) is 0 Å². The summed E-state index contributed by atoms with van der Waals surface area (Å²) in [7, 11) is 1.88. The zero-order valence-corrected chi connectivity index (χ0v) is 10.2. The van der Waals surface area contributed by atoms with Gasteiger partial charge in [0.1, 0.15) is 5.82 Å². The lowest BCUT2D eigenvalue weighted by Crippen LogP contribution is -2.07. The van der Waals surface area contributed by atoms with Crippen LogP contribution in [-0.2, 0) is 13.1 Å². The number of anilines is 1. The molecule has 0 saturated heterocycles. The smallest absolute Gasteiger partial charge is 0.130 e. The molecule has 0 amide bonds. The third kappa shape index (κ3) is 2.55. The topological polar surface area (TPSA) is 47.7 Å². The summed E-state index contributed by atoms with van der Waals surface area (Å²) in [6.07, 6.45) is 7.58. The lowest BCUT2D eigenvalue weighted by atomic mass is 10.5. The molecule has 88 valence electrons. The first-order valence-corrected chi connectivity index (χ1v) is 5.03. The van der Waals surface area contributed by atoms with Gasteiger partial charge in [-0.25, -0.2) is 4.98 Å². The molecule has 0 aliphatic carbocycles. The predicted molar refractivity (Wildman–Crippen MR) is 66.0 cm³/mol. The number of aromatic nitrogens is 4. The van der Waals surface area contributed by atoms with Crippen LogP contribution in [0.25, 0.3) is 0 Å². The highest BCUT2D eigenvalue weighted by Crippen LogP contribution is 2.05. The summed E-state index contributed by atoms with van der Waals surface area (Å²) in [6.45, 7) is 3.76. The summed E-state index contributed by atoms with van der Waals surface area (Å²) in [6, 6.07) is 0. The summed E-state index contributed by atoms with van der Waals surface area (Å²) in [5.74, 6) is 1.03. The van der Waals surface area contributed by atoms with E-state index in [0.29, 0.717) is 6.54 Å². The van der Waals surface area contributed by atoms with Gasteiger partial charge in [-0.3, -0.25) is 4.68 Å². The lowest BCUT2D eigenvalue weighted by molar-refractivity contribution is 0.607. The molecule has 2 heterocycles. The van der Waals surface area contributed by atoms with Crippen LogP contribution in [0.5, 0.6) is 0 Å². The SMILES string of the molecule is CCn1ccnc1Cn1cc(NC)cn1.Cl. The van der Waals surface area contributed by atoms with E-state index in [1.54, 1.807) is 6.20 Å². The molecule has 16 heavy (non-hydrogen) atoms. The van der Waals surface area contributed by atoms with Gasteiger partial charge in [0, 0.05) is 32.2 Å². The number of nitrogens with zero attached hydrogens (tertiary/aromatic N) is 4. The molecule has 5 nitrogen and oxygen atoms in total. The molecule has 6 heteroatoms. The van der Waals surface area contributed by atoms with Crippen LogP contribution in [0.2, 0.25) is 0 Å². The van der Waals surface area contributed by atoms with Crippen LogP contribution >= 0.6 is 12.4 Å². The van der Waals surface area contributed by atoms with Gasteiger partial charge in [-0.15, -0.1) is 12.4 Å². The molecule has 1 N–H and O–H groups in total. The third-order valence-electron chi connectivity index (χ3n) is 2.37. The molecule has 0 aromatic carbocycles. The van der Waals surface area contributed by atoms with E-state index in [1.165, 1.54) is 0 Å². The number of nitrogens with one attached hydrogen (secondary N) is 1. The first kappa shape index (κ1) is 12.6. The number of aryl methyl sites for hydroxylation is 1. The van der Waals surface area contributed by atoms with Crippen molar-refractivity contribution in [3.8, 4) is 0 Å². The Morgan fingerprint density at radius 2 is 2.25 bits per heavy atom. The third-order valence-corrected chi connectivity index (χ3v) is 2.37. The fourth-order valence-corrected chi connectivity index (χ4v) is 1.50. The fourth-order valence-electron chi connectivity index (χ4n) is 1.50. The monoisotopic (exact) mass is 241 g/mol. The van der Waals surface area contributed by atoms with Gasteiger partial charge in [-0.1, -0.05) is 0 Å². The van der Waals surface area contributed by atoms with Crippen LogP contribution < -0.4 is 5.32 Å². The molecule has 2 aromatic rings. The Morgan fingerprint density at radius 1 is 1.44 bits per heavy atom. The van der Waals surface area contributed by atoms with Crippen LogP contribution in [0.1, 0.15) is 12.7 Å². The number of hydrogen-bond acceptors (Lipinski definition) is 3. The van der Waals surface area contributed by atoms with E-state index < -0.39 is 0 Å². The molecule has 0 fully saturated rings. The zero-order chi connectivity index (χ0) is 10.7. The quantitative estimate of drug-likeness (QED) is 0.885. The minimum Gasteiger partial charge on any atom is -0.386 e. The number of rotatable bonds is 4. The van der Waals surface area contributed by atoms with Crippen molar-refractivity contribution < 1.29 is 0 Å². The molecule has 0 atom stereocenters. The van der Waals surface area contributed by atoms with Crippen molar-refractivity contribution in [1.29, 1.82) is 0 Å². The average molecular weight is 242 g/mol. The summed E-state index contributed by atoms with van der Waals surface area (Å²) < 4.78 is 3.99. The largest absolute Gasteiger partial charge is 0.386 e. The van der Waals surface area contributed by atoms with Crippen molar-refractivity contribution in [2.24, 2.45) is 0 Å². The Kier molecular flexibility index (Phi) is 4.37. The maximum atomic E-state index is 4.30. The van der Waals surface area contributed by atoms with Crippen molar-refractivity contribution in [1.82, 2.24) is 19.3 Å². The Bertz CT molecular complexity index is 434. The first-order chi connectivity index (χ1) is 7.33. The molecule has 0 aliphatic rings. The molecular weight excluding hydrogens is 226 g/mol. The normalized spacial score (nSPS) is 9.88. The van der Waals surface area contributed by atoms with Crippen LogP contribution in [-0.4, -0.2) is 26.4 Å². The highest BCUT2D eigenvalue weighted by molar-refractivity contribution is 5.85. The first-order valence-electron chi connectivity index (χ1n) is 5.03. The van der Waals surface area contributed by atoms with Gasteiger partial charge in [0.2, 0.25) is 0 Å². The average Bonchev–Trinajstić information content (AvgIpc) is 2.87. The highest BCUT2D eigenvalue weighted by atomic mass is 35.5. The maximum Gasteiger partial charge on any atom is 0.130 e. The molecule has 0 saturated carbocycles. The van der Waals surface area contributed by atoms with E-state index in [2.05, 4.69) is 26.9 Å². The molecule has 0 unspecified atom stereocenters. The lowest BCUT2D eigenvalue weighted by Gasteiger charge is -2.04. The van der Waals surface area contributed by atoms with Crippen molar-refractivity contribution in [3.63, 3.8) is 0 Å². The van der Waals surface area contributed by atoms with E-state index in [1.807, 2.05) is 30.3 Å². The summed E-state index contributed by atoms with van der Waals surface area (Å²) in [5.41, 5.74) is 1.02. The molecule has 2 rings (SSSR count). The van der Waals surface area contributed by atoms with Crippen molar-refractivity contribution in [3.05, 3.63) is 30.6 Å². The fraction of sp³-hybridized carbons (Fsp3) is 0.400. The van der Waals surface area contributed by atoms with Gasteiger partial charge in [-0.05, 0) is 6.92 Å². The standard InChI is InChI=1S/C10H15N5.ClH/c1-3-14-5-4-12-10(14)8-15-7-9(11-2)6-13-15;/h4-7,11H,3,8H2,1-2H3;1H. The van der Waals surface area contributed by atoms with Gasteiger partial charge in [-0.2, -0.15) is 5.10 Å². The van der Waals surface area contributed by atoms with E-state index in [-0.39, 0.29) is 12.4 Å². The molecule has 0 aliphatic heterocycles. The second kappa shape index (κ2) is 5.55.